The van der Waals surface area contributed by atoms with E-state index in [0.717, 1.165) is 12.8 Å². The normalized spacial score (nSPS) is 17.4. The van der Waals surface area contributed by atoms with Crippen LogP contribution in [-0.2, 0) is 0 Å². The van der Waals surface area contributed by atoms with Gasteiger partial charge in [0.15, 0.2) is 11.5 Å². The van der Waals surface area contributed by atoms with Crippen LogP contribution in [0.3, 0.4) is 0 Å². The fourth-order valence-electron chi connectivity index (χ4n) is 1.98. The molecule has 0 amide bonds. The van der Waals surface area contributed by atoms with Gasteiger partial charge < -0.3 is 20.4 Å². The Balaban J connectivity index is 2.01. The molecule has 1 aromatic rings. The average molecular weight is 304 g/mol. The molecule has 3 N–H and O–H groups in total. The average Bonchev–Trinajstić information content (AvgIpc) is 3.16. The molecule has 1 saturated carbocycles. The number of hydrogen-bond donors (Lipinski definition) is 2. The molecule has 0 saturated heterocycles. The van der Waals surface area contributed by atoms with Gasteiger partial charge in [0, 0.05) is 11.8 Å². The van der Waals surface area contributed by atoms with Crippen LogP contribution >= 0.6 is 0 Å². The number of alkyl halides is 3. The number of benzene rings is 1. The Morgan fingerprint density at radius 2 is 1.90 bits per heavy atom. The monoisotopic (exact) mass is 304 g/mol. The number of oxime groups is 1. The molecule has 0 atom stereocenters. The predicted molar refractivity (Wildman–Crippen MR) is 68.3 cm³/mol. The zero-order chi connectivity index (χ0) is 15.5. The summed E-state index contributed by atoms with van der Waals surface area (Å²) in [6.45, 7) is 0.182. The Bertz CT molecular complexity index is 528. The second kappa shape index (κ2) is 5.71. The van der Waals surface area contributed by atoms with E-state index < -0.39 is 6.36 Å². The third-order valence-electron chi connectivity index (χ3n) is 3.25. The van der Waals surface area contributed by atoms with Gasteiger partial charge in [0.2, 0.25) is 0 Å². The molecule has 116 valence electrons. The molecular weight excluding hydrogens is 289 g/mol. The van der Waals surface area contributed by atoms with Crippen LogP contribution in [0.5, 0.6) is 11.5 Å². The van der Waals surface area contributed by atoms with E-state index in [1.165, 1.54) is 18.2 Å². The van der Waals surface area contributed by atoms with Gasteiger partial charge in [-0.25, -0.2) is 0 Å². The highest BCUT2D eigenvalue weighted by atomic mass is 19.4. The first kappa shape index (κ1) is 15.3. The summed E-state index contributed by atoms with van der Waals surface area (Å²) in [4.78, 5) is 0. The van der Waals surface area contributed by atoms with Crippen molar-refractivity contribution in [2.75, 3.05) is 6.61 Å². The zero-order valence-electron chi connectivity index (χ0n) is 11.1. The van der Waals surface area contributed by atoms with E-state index in [4.69, 9.17) is 15.7 Å². The molecule has 21 heavy (non-hydrogen) atoms. The Hall–Kier alpha value is -2.12. The Kier molecular flexibility index (Phi) is 4.15. The highest BCUT2D eigenvalue weighted by molar-refractivity contribution is 5.80. The topological polar surface area (TPSA) is 77.1 Å². The second-order valence-electron chi connectivity index (χ2n) is 5.05. The van der Waals surface area contributed by atoms with E-state index in [9.17, 15) is 13.2 Å². The van der Waals surface area contributed by atoms with Crippen LogP contribution in [0.1, 0.15) is 19.3 Å². The molecule has 5 nitrogen and oxygen atoms in total. The third-order valence-corrected chi connectivity index (χ3v) is 3.25. The molecule has 0 unspecified atom stereocenters. The Labute approximate surface area is 119 Å². The zero-order valence-corrected chi connectivity index (χ0v) is 11.1. The third kappa shape index (κ3) is 4.44. The van der Waals surface area contributed by atoms with Crippen LogP contribution in [0.15, 0.2) is 29.4 Å². The number of halogens is 3. The van der Waals surface area contributed by atoms with Gasteiger partial charge in [-0.05, 0) is 25.0 Å². The predicted octanol–water partition coefficient (Wildman–Crippen LogP) is 2.88. The molecule has 1 fully saturated rings. The minimum atomic E-state index is -4.77. The number of para-hydroxylation sites is 2. The lowest BCUT2D eigenvalue weighted by atomic mass is 10.0. The van der Waals surface area contributed by atoms with Crippen molar-refractivity contribution in [2.24, 2.45) is 16.3 Å². The lowest BCUT2D eigenvalue weighted by Gasteiger charge is -2.18. The van der Waals surface area contributed by atoms with Crippen LogP contribution in [0, 0.1) is 5.41 Å². The number of nitrogens with zero attached hydrogens (tertiary/aromatic N) is 1. The summed E-state index contributed by atoms with van der Waals surface area (Å²) >= 11 is 0. The highest BCUT2D eigenvalue weighted by Crippen LogP contribution is 2.49. The summed E-state index contributed by atoms with van der Waals surface area (Å²) < 4.78 is 46.2. The summed E-state index contributed by atoms with van der Waals surface area (Å²) in [6, 6.07) is 5.57. The molecule has 0 radical (unpaired) electrons. The molecule has 0 aliphatic heterocycles. The van der Waals surface area contributed by atoms with E-state index in [2.05, 4.69) is 9.89 Å². The SMILES string of the molecule is N/C(CC1(COc2ccccc2OC(F)(F)F)CC1)=N/O. The molecule has 1 aliphatic carbocycles. The molecule has 1 aromatic carbocycles. The van der Waals surface area contributed by atoms with Gasteiger partial charge >= 0.3 is 6.36 Å². The van der Waals surface area contributed by atoms with E-state index in [1.807, 2.05) is 0 Å². The van der Waals surface area contributed by atoms with Crippen LogP contribution < -0.4 is 15.2 Å². The molecule has 0 spiro atoms. The van der Waals surface area contributed by atoms with Crippen LogP contribution in [0.2, 0.25) is 0 Å². The van der Waals surface area contributed by atoms with Crippen molar-refractivity contribution in [1.82, 2.24) is 0 Å². The lowest BCUT2D eigenvalue weighted by Crippen LogP contribution is -2.23. The van der Waals surface area contributed by atoms with E-state index in [1.54, 1.807) is 6.07 Å². The van der Waals surface area contributed by atoms with Gasteiger partial charge in [-0.3, -0.25) is 0 Å². The molecule has 8 heteroatoms. The van der Waals surface area contributed by atoms with Crippen LogP contribution in [-0.4, -0.2) is 24.0 Å². The standard InChI is InChI=1S/C13H15F3N2O3/c14-13(15,16)21-10-4-2-1-3-9(10)20-8-12(5-6-12)7-11(17)18-19/h1-4,19H,5-8H2,(H2,17,18). The van der Waals surface area contributed by atoms with Gasteiger partial charge in [-0.15, -0.1) is 13.2 Å². The Morgan fingerprint density at radius 3 is 2.43 bits per heavy atom. The highest BCUT2D eigenvalue weighted by Gasteiger charge is 2.44. The number of amidine groups is 1. The first-order valence-corrected chi connectivity index (χ1v) is 6.28. The van der Waals surface area contributed by atoms with Gasteiger partial charge in [-0.2, -0.15) is 0 Å². The van der Waals surface area contributed by atoms with E-state index in [0.29, 0.717) is 6.42 Å². The van der Waals surface area contributed by atoms with Crippen LogP contribution in [0.25, 0.3) is 0 Å². The van der Waals surface area contributed by atoms with Crippen molar-refractivity contribution in [1.29, 1.82) is 0 Å². The van der Waals surface area contributed by atoms with Crippen molar-refractivity contribution in [2.45, 2.75) is 25.6 Å². The first-order valence-electron chi connectivity index (χ1n) is 6.28. The van der Waals surface area contributed by atoms with Crippen molar-refractivity contribution in [3.05, 3.63) is 24.3 Å². The first-order chi connectivity index (χ1) is 9.84. The van der Waals surface area contributed by atoms with Crippen LogP contribution in [0.4, 0.5) is 13.2 Å². The number of ether oxygens (including phenoxy) is 2. The quantitative estimate of drug-likeness (QED) is 0.367. The molecular formula is C13H15F3N2O3. The molecule has 0 bridgehead atoms. The number of rotatable bonds is 6. The van der Waals surface area contributed by atoms with Crippen molar-refractivity contribution in [3.63, 3.8) is 0 Å². The number of nitrogens with two attached hydrogens (primary N) is 1. The minimum Gasteiger partial charge on any atom is -0.489 e. The maximum Gasteiger partial charge on any atom is 0.573 e. The second-order valence-corrected chi connectivity index (χ2v) is 5.05. The largest absolute Gasteiger partial charge is 0.573 e. The van der Waals surface area contributed by atoms with Crippen molar-refractivity contribution in [3.8, 4) is 11.5 Å². The lowest BCUT2D eigenvalue weighted by molar-refractivity contribution is -0.275. The summed E-state index contributed by atoms with van der Waals surface area (Å²) in [5, 5.41) is 11.5. The molecule has 1 aliphatic rings. The molecule has 0 heterocycles. The van der Waals surface area contributed by atoms with Gasteiger partial charge in [0.25, 0.3) is 0 Å². The maximum absolute atomic E-state index is 12.3. The smallest absolute Gasteiger partial charge is 0.489 e. The molecule has 2 rings (SSSR count). The summed E-state index contributed by atoms with van der Waals surface area (Å²) in [5.41, 5.74) is 5.18. The fourth-order valence-corrected chi connectivity index (χ4v) is 1.98. The number of hydrogen-bond acceptors (Lipinski definition) is 4. The van der Waals surface area contributed by atoms with Gasteiger partial charge in [0.1, 0.15) is 5.84 Å². The van der Waals surface area contributed by atoms with Crippen molar-refractivity contribution >= 4 is 5.84 Å². The van der Waals surface area contributed by atoms with Crippen molar-refractivity contribution < 1.29 is 27.9 Å². The maximum atomic E-state index is 12.3. The van der Waals surface area contributed by atoms with Gasteiger partial charge in [0.05, 0.1) is 6.61 Å². The van der Waals surface area contributed by atoms with E-state index in [-0.39, 0.29) is 29.4 Å². The molecule has 0 aromatic heterocycles. The summed E-state index contributed by atoms with van der Waals surface area (Å²) in [7, 11) is 0. The fraction of sp³-hybridized carbons (Fsp3) is 0.462. The summed E-state index contributed by atoms with van der Waals surface area (Å²) in [5.74, 6) is -0.291. The Morgan fingerprint density at radius 1 is 1.29 bits per heavy atom. The van der Waals surface area contributed by atoms with Gasteiger partial charge in [-0.1, -0.05) is 17.3 Å². The minimum absolute atomic E-state index is 0.0145. The van der Waals surface area contributed by atoms with E-state index >= 15 is 0 Å². The summed E-state index contributed by atoms with van der Waals surface area (Å²) in [6.07, 6.45) is -2.81.